The molecule has 0 aliphatic carbocycles. The lowest BCUT2D eigenvalue weighted by Crippen LogP contribution is -2.79. The van der Waals surface area contributed by atoms with Crippen molar-refractivity contribution in [2.75, 3.05) is 0 Å². The smallest absolute Gasteiger partial charge is 0.0625 e. The second kappa shape index (κ2) is 6.18. The minimum absolute atomic E-state index is 0.0348. The van der Waals surface area contributed by atoms with Crippen LogP contribution in [0.15, 0.2) is 97.1 Å². The first-order valence-electron chi connectivity index (χ1n) is 10.6. The van der Waals surface area contributed by atoms with Gasteiger partial charge in [-0.1, -0.05) is 135 Å². The summed E-state index contributed by atoms with van der Waals surface area (Å²) in [5, 5.41) is 5.95. The lowest BCUT2D eigenvalue weighted by molar-refractivity contribution is 0.619. The highest BCUT2D eigenvalue weighted by Gasteiger charge is 2.63. The molecule has 0 atom stereocenters. The van der Waals surface area contributed by atoms with E-state index in [2.05, 4.69) is 125 Å². The van der Waals surface area contributed by atoms with Gasteiger partial charge in [-0.05, 0) is 32.0 Å². The fourth-order valence-electron chi connectivity index (χ4n) is 6.55. The number of benzene rings is 4. The SMILES string of the molecule is CC1(C)c2cccc3cccc(c23)C(C)(C)[Si]1(c1ccccc1)c1ccccc1. The second-order valence-electron chi connectivity index (χ2n) is 9.44. The second-order valence-corrected chi connectivity index (χ2v) is 14.6. The summed E-state index contributed by atoms with van der Waals surface area (Å²) in [6, 6.07) is 36.5. The van der Waals surface area contributed by atoms with Crippen molar-refractivity contribution >= 4 is 29.2 Å². The largest absolute Gasteiger partial charge is 0.137 e. The fraction of sp³-hybridized carbons (Fsp3) is 0.214. The summed E-state index contributed by atoms with van der Waals surface area (Å²) >= 11 is 0. The Labute approximate surface area is 175 Å². The van der Waals surface area contributed by atoms with Gasteiger partial charge < -0.3 is 0 Å². The normalized spacial score (nSPS) is 18.5. The van der Waals surface area contributed by atoms with Gasteiger partial charge in [-0.25, -0.2) is 0 Å². The molecular formula is C28H28Si. The molecule has 0 saturated carbocycles. The van der Waals surface area contributed by atoms with Gasteiger partial charge in [0.15, 0.2) is 0 Å². The molecule has 0 fully saturated rings. The van der Waals surface area contributed by atoms with Crippen molar-refractivity contribution in [3.05, 3.63) is 108 Å². The highest BCUT2D eigenvalue weighted by atomic mass is 28.3. The summed E-state index contributed by atoms with van der Waals surface area (Å²) in [5.74, 6) is 0. The summed E-state index contributed by atoms with van der Waals surface area (Å²) in [6.45, 7) is 10.0. The van der Waals surface area contributed by atoms with Gasteiger partial charge in [0.2, 0.25) is 0 Å². The van der Waals surface area contributed by atoms with Crippen LogP contribution in [-0.4, -0.2) is 8.07 Å². The molecule has 4 aromatic rings. The molecule has 0 aromatic heterocycles. The summed E-state index contributed by atoms with van der Waals surface area (Å²) < 4.78 is 0. The van der Waals surface area contributed by atoms with E-state index in [4.69, 9.17) is 0 Å². The topological polar surface area (TPSA) is 0 Å². The summed E-state index contributed by atoms with van der Waals surface area (Å²) in [5.41, 5.74) is 3.01. The van der Waals surface area contributed by atoms with Crippen LogP contribution in [0, 0.1) is 0 Å². The Morgan fingerprint density at radius 1 is 0.483 bits per heavy atom. The van der Waals surface area contributed by atoms with Crippen LogP contribution in [0.25, 0.3) is 10.8 Å². The Morgan fingerprint density at radius 3 is 1.31 bits per heavy atom. The Hall–Kier alpha value is -2.64. The molecule has 0 amide bonds. The van der Waals surface area contributed by atoms with Crippen LogP contribution >= 0.6 is 0 Å². The quantitative estimate of drug-likeness (QED) is 0.381. The maximum Gasteiger partial charge on any atom is 0.137 e. The van der Waals surface area contributed by atoms with Crippen molar-refractivity contribution in [1.29, 1.82) is 0 Å². The predicted octanol–water partition coefficient (Wildman–Crippen LogP) is 5.75. The number of hydrogen-bond donors (Lipinski definition) is 0. The minimum Gasteiger partial charge on any atom is -0.0625 e. The van der Waals surface area contributed by atoms with E-state index in [0.717, 1.165) is 0 Å². The Bertz CT molecular complexity index is 1090. The van der Waals surface area contributed by atoms with Crippen LogP contribution in [-0.2, 0) is 10.1 Å². The van der Waals surface area contributed by atoms with E-state index in [0.29, 0.717) is 0 Å². The van der Waals surface area contributed by atoms with Crippen LogP contribution in [0.2, 0.25) is 0 Å². The molecule has 144 valence electrons. The molecule has 0 N–H and O–H groups in total. The fourth-order valence-corrected chi connectivity index (χ4v) is 13.9. The monoisotopic (exact) mass is 392 g/mol. The number of hydrogen-bond acceptors (Lipinski definition) is 0. The minimum atomic E-state index is -2.32. The third-order valence-electron chi connectivity index (χ3n) is 7.54. The molecule has 4 aromatic carbocycles. The zero-order valence-corrected chi connectivity index (χ0v) is 18.7. The maximum absolute atomic E-state index is 2.51. The van der Waals surface area contributed by atoms with Crippen molar-refractivity contribution in [2.45, 2.75) is 37.8 Å². The third-order valence-corrected chi connectivity index (χ3v) is 14.2. The van der Waals surface area contributed by atoms with E-state index < -0.39 is 8.07 Å². The molecule has 1 heterocycles. The highest BCUT2D eigenvalue weighted by molar-refractivity contribution is 7.06. The highest BCUT2D eigenvalue weighted by Crippen LogP contribution is 2.53. The summed E-state index contributed by atoms with van der Waals surface area (Å²) in [7, 11) is -2.32. The first-order chi connectivity index (χ1) is 13.9. The molecule has 0 unspecified atom stereocenters. The molecule has 0 nitrogen and oxygen atoms in total. The van der Waals surface area contributed by atoms with E-state index in [9.17, 15) is 0 Å². The third kappa shape index (κ3) is 2.20. The molecule has 29 heavy (non-hydrogen) atoms. The van der Waals surface area contributed by atoms with Crippen molar-refractivity contribution in [1.82, 2.24) is 0 Å². The average molecular weight is 393 g/mol. The van der Waals surface area contributed by atoms with E-state index >= 15 is 0 Å². The average Bonchev–Trinajstić information content (AvgIpc) is 2.74. The van der Waals surface area contributed by atoms with Gasteiger partial charge in [0.25, 0.3) is 0 Å². The van der Waals surface area contributed by atoms with Gasteiger partial charge in [-0.2, -0.15) is 0 Å². The molecule has 1 aliphatic heterocycles. The Morgan fingerprint density at radius 2 is 0.897 bits per heavy atom. The first-order valence-corrected chi connectivity index (χ1v) is 12.6. The van der Waals surface area contributed by atoms with Gasteiger partial charge in [0, 0.05) is 0 Å². The Kier molecular flexibility index (Phi) is 3.92. The molecule has 0 bridgehead atoms. The van der Waals surface area contributed by atoms with Crippen LogP contribution < -0.4 is 10.4 Å². The lowest BCUT2D eigenvalue weighted by Gasteiger charge is -2.59. The Balaban J connectivity index is 2.02. The zero-order valence-electron chi connectivity index (χ0n) is 17.7. The summed E-state index contributed by atoms with van der Waals surface area (Å²) in [4.78, 5) is 0. The van der Waals surface area contributed by atoms with Gasteiger partial charge in [0.1, 0.15) is 8.07 Å². The standard InChI is InChI=1S/C28H28Si/c1-27(2)24-19-11-13-21-14-12-20-25(26(21)24)28(3,4)29(27,22-15-7-5-8-16-22)23-17-9-6-10-18-23/h5-20H,1-4H3. The van der Waals surface area contributed by atoms with Gasteiger partial charge in [-0.15, -0.1) is 0 Å². The van der Waals surface area contributed by atoms with Crippen LogP contribution in [0.1, 0.15) is 38.8 Å². The molecule has 0 spiro atoms. The molecule has 0 saturated heterocycles. The summed E-state index contributed by atoms with van der Waals surface area (Å²) in [6.07, 6.45) is 0. The van der Waals surface area contributed by atoms with Gasteiger partial charge >= 0.3 is 0 Å². The van der Waals surface area contributed by atoms with Crippen molar-refractivity contribution in [3.8, 4) is 0 Å². The molecule has 1 heteroatoms. The zero-order chi connectivity index (χ0) is 20.3. The van der Waals surface area contributed by atoms with Crippen molar-refractivity contribution in [2.24, 2.45) is 0 Å². The maximum atomic E-state index is 2.51. The van der Waals surface area contributed by atoms with Crippen LogP contribution in [0.3, 0.4) is 0 Å². The predicted molar refractivity (Wildman–Crippen MR) is 128 cm³/mol. The molecule has 0 radical (unpaired) electrons. The number of rotatable bonds is 2. The molecular weight excluding hydrogens is 364 g/mol. The molecule has 5 rings (SSSR count). The van der Waals surface area contributed by atoms with E-state index in [1.165, 1.54) is 32.3 Å². The van der Waals surface area contributed by atoms with Gasteiger partial charge in [0.05, 0.1) is 0 Å². The van der Waals surface area contributed by atoms with E-state index in [1.54, 1.807) is 0 Å². The molecule has 1 aliphatic rings. The van der Waals surface area contributed by atoms with E-state index in [-0.39, 0.29) is 10.1 Å². The van der Waals surface area contributed by atoms with Crippen LogP contribution in [0.4, 0.5) is 0 Å². The van der Waals surface area contributed by atoms with E-state index in [1.807, 2.05) is 0 Å². The lowest BCUT2D eigenvalue weighted by atomic mass is 9.86. The van der Waals surface area contributed by atoms with Crippen LogP contribution in [0.5, 0.6) is 0 Å². The first kappa shape index (κ1) is 18.4. The van der Waals surface area contributed by atoms with Gasteiger partial charge in [-0.3, -0.25) is 0 Å². The van der Waals surface area contributed by atoms with Crippen molar-refractivity contribution in [3.63, 3.8) is 0 Å². The van der Waals surface area contributed by atoms with Crippen molar-refractivity contribution < 1.29 is 0 Å².